The quantitative estimate of drug-likeness (QED) is 0.799. The van der Waals surface area contributed by atoms with Crippen molar-refractivity contribution >= 4 is 28.4 Å². The van der Waals surface area contributed by atoms with Gasteiger partial charge >= 0.3 is 0 Å². The van der Waals surface area contributed by atoms with Gasteiger partial charge in [0, 0.05) is 7.11 Å². The number of hydrogen-bond acceptors (Lipinski definition) is 4. The zero-order valence-corrected chi connectivity index (χ0v) is 14.7. The van der Waals surface area contributed by atoms with Crippen molar-refractivity contribution < 1.29 is 4.74 Å². The van der Waals surface area contributed by atoms with E-state index in [2.05, 4.69) is 41.4 Å². The number of anilines is 1. The number of nitrogens with two attached hydrogens (primary N) is 1. The van der Waals surface area contributed by atoms with Gasteiger partial charge in [-0.15, -0.1) is 0 Å². The highest BCUT2D eigenvalue weighted by Gasteiger charge is 2.37. The van der Waals surface area contributed by atoms with Crippen LogP contribution in [-0.4, -0.2) is 17.1 Å². The van der Waals surface area contributed by atoms with Gasteiger partial charge in [0.05, 0.1) is 9.26 Å². The van der Waals surface area contributed by atoms with Crippen molar-refractivity contribution in [3.05, 3.63) is 15.1 Å². The van der Waals surface area contributed by atoms with Gasteiger partial charge in [-0.1, -0.05) is 33.1 Å². The lowest BCUT2D eigenvalue weighted by atomic mass is 9.84. The molecule has 0 aliphatic heterocycles. The van der Waals surface area contributed by atoms with E-state index in [1.54, 1.807) is 7.11 Å². The fourth-order valence-corrected chi connectivity index (χ4v) is 3.34. The SMILES string of the molecule is COC1(c2nc(N)c(I)c(CC(C)C)n2)CCCCC1. The van der Waals surface area contributed by atoms with Gasteiger partial charge in [0.1, 0.15) is 11.4 Å². The molecule has 1 saturated carbocycles. The lowest BCUT2D eigenvalue weighted by molar-refractivity contribution is -0.0515. The summed E-state index contributed by atoms with van der Waals surface area (Å²) in [6.07, 6.45) is 6.52. The van der Waals surface area contributed by atoms with Crippen LogP contribution in [0.4, 0.5) is 5.82 Å². The first-order valence-corrected chi connectivity index (χ1v) is 8.44. The smallest absolute Gasteiger partial charge is 0.162 e. The highest BCUT2D eigenvalue weighted by atomic mass is 127. The molecular formula is C15H24IN3O. The zero-order valence-electron chi connectivity index (χ0n) is 12.6. The van der Waals surface area contributed by atoms with E-state index < -0.39 is 0 Å². The van der Waals surface area contributed by atoms with E-state index in [0.717, 1.165) is 34.4 Å². The minimum absolute atomic E-state index is 0.331. The Balaban J connectivity index is 2.42. The second-order valence-electron chi connectivity index (χ2n) is 6.05. The monoisotopic (exact) mass is 389 g/mol. The molecule has 1 aliphatic rings. The molecule has 0 bridgehead atoms. The first-order chi connectivity index (χ1) is 9.48. The van der Waals surface area contributed by atoms with E-state index in [-0.39, 0.29) is 5.60 Å². The maximum atomic E-state index is 6.10. The highest BCUT2D eigenvalue weighted by molar-refractivity contribution is 14.1. The van der Waals surface area contributed by atoms with Gasteiger partial charge in [-0.05, 0) is 47.8 Å². The van der Waals surface area contributed by atoms with E-state index >= 15 is 0 Å². The van der Waals surface area contributed by atoms with Crippen LogP contribution in [0.25, 0.3) is 0 Å². The standard InChI is InChI=1S/C15H24IN3O/c1-10(2)9-11-12(16)13(17)19-14(18-11)15(20-3)7-5-4-6-8-15/h10H,4-9H2,1-3H3,(H2,17,18,19). The maximum absolute atomic E-state index is 6.10. The minimum atomic E-state index is -0.331. The van der Waals surface area contributed by atoms with Crippen LogP contribution in [0.15, 0.2) is 0 Å². The topological polar surface area (TPSA) is 61.0 Å². The Morgan fingerprint density at radius 3 is 2.45 bits per heavy atom. The lowest BCUT2D eigenvalue weighted by Crippen LogP contribution is -2.34. The molecule has 5 heteroatoms. The molecule has 2 rings (SSSR count). The molecule has 1 fully saturated rings. The molecule has 112 valence electrons. The largest absolute Gasteiger partial charge is 0.383 e. The Morgan fingerprint density at radius 2 is 1.90 bits per heavy atom. The highest BCUT2D eigenvalue weighted by Crippen LogP contribution is 2.39. The summed E-state index contributed by atoms with van der Waals surface area (Å²) in [5.41, 5.74) is 6.83. The Labute approximate surface area is 135 Å². The molecule has 0 radical (unpaired) electrons. The fraction of sp³-hybridized carbons (Fsp3) is 0.733. The molecule has 0 spiro atoms. The normalized spacial score (nSPS) is 18.4. The molecule has 0 aromatic carbocycles. The minimum Gasteiger partial charge on any atom is -0.383 e. The van der Waals surface area contributed by atoms with Crippen LogP contribution in [-0.2, 0) is 16.8 Å². The molecule has 4 nitrogen and oxygen atoms in total. The van der Waals surface area contributed by atoms with E-state index in [9.17, 15) is 0 Å². The summed E-state index contributed by atoms with van der Waals surface area (Å²) in [4.78, 5) is 9.36. The number of halogens is 1. The first-order valence-electron chi connectivity index (χ1n) is 7.36. The maximum Gasteiger partial charge on any atom is 0.162 e. The second kappa shape index (κ2) is 6.56. The van der Waals surface area contributed by atoms with Crippen LogP contribution < -0.4 is 5.73 Å². The average molecular weight is 389 g/mol. The van der Waals surface area contributed by atoms with Gasteiger partial charge in [-0.25, -0.2) is 9.97 Å². The third-order valence-corrected chi connectivity index (χ3v) is 5.18. The summed E-state index contributed by atoms with van der Waals surface area (Å²) in [6.45, 7) is 4.39. The van der Waals surface area contributed by atoms with Gasteiger partial charge in [0.2, 0.25) is 0 Å². The molecule has 1 aromatic rings. The van der Waals surface area contributed by atoms with Crippen molar-refractivity contribution in [2.75, 3.05) is 12.8 Å². The van der Waals surface area contributed by atoms with Crippen molar-refractivity contribution in [3.8, 4) is 0 Å². The number of methoxy groups -OCH3 is 1. The summed E-state index contributed by atoms with van der Waals surface area (Å²) < 4.78 is 6.82. The van der Waals surface area contributed by atoms with Gasteiger partial charge in [0.25, 0.3) is 0 Å². The number of nitrogen functional groups attached to an aromatic ring is 1. The van der Waals surface area contributed by atoms with Gasteiger partial charge in [0.15, 0.2) is 5.82 Å². The summed E-state index contributed by atoms with van der Waals surface area (Å²) >= 11 is 2.25. The van der Waals surface area contributed by atoms with Crippen LogP contribution in [0.5, 0.6) is 0 Å². The summed E-state index contributed by atoms with van der Waals surface area (Å²) in [6, 6.07) is 0. The molecule has 1 aromatic heterocycles. The summed E-state index contributed by atoms with van der Waals surface area (Å²) in [7, 11) is 1.77. The van der Waals surface area contributed by atoms with Gasteiger partial charge < -0.3 is 10.5 Å². The second-order valence-corrected chi connectivity index (χ2v) is 7.13. The first kappa shape index (κ1) is 15.9. The predicted octanol–water partition coefficient (Wildman–Crippen LogP) is 3.67. The molecule has 0 atom stereocenters. The third kappa shape index (κ3) is 3.24. The molecule has 1 aliphatic carbocycles. The van der Waals surface area contributed by atoms with Crippen LogP contribution in [0.2, 0.25) is 0 Å². The molecule has 20 heavy (non-hydrogen) atoms. The van der Waals surface area contributed by atoms with Crippen molar-refractivity contribution in [1.29, 1.82) is 0 Å². The number of rotatable bonds is 4. The number of aromatic nitrogens is 2. The lowest BCUT2D eigenvalue weighted by Gasteiger charge is -2.34. The fourth-order valence-electron chi connectivity index (χ4n) is 2.88. The van der Waals surface area contributed by atoms with Gasteiger partial charge in [-0.2, -0.15) is 0 Å². The average Bonchev–Trinajstić information content (AvgIpc) is 2.44. The molecule has 1 heterocycles. The Bertz CT molecular complexity index is 470. The van der Waals surface area contributed by atoms with Crippen molar-refractivity contribution in [3.63, 3.8) is 0 Å². The molecular weight excluding hydrogens is 365 g/mol. The Hall–Kier alpha value is -0.430. The van der Waals surface area contributed by atoms with Crippen LogP contribution >= 0.6 is 22.6 Å². The molecule has 0 unspecified atom stereocenters. The van der Waals surface area contributed by atoms with E-state index in [4.69, 9.17) is 15.5 Å². The van der Waals surface area contributed by atoms with E-state index in [1.807, 2.05) is 0 Å². The Kier molecular flexibility index (Phi) is 5.23. The zero-order chi connectivity index (χ0) is 14.8. The predicted molar refractivity (Wildman–Crippen MR) is 89.5 cm³/mol. The Morgan fingerprint density at radius 1 is 1.25 bits per heavy atom. The van der Waals surface area contributed by atoms with Crippen LogP contribution in [0.1, 0.15) is 57.5 Å². The summed E-state index contributed by atoms with van der Waals surface area (Å²) in [5.74, 6) is 1.93. The number of hydrogen-bond donors (Lipinski definition) is 1. The number of nitrogens with zero attached hydrogens (tertiary/aromatic N) is 2. The van der Waals surface area contributed by atoms with Gasteiger partial charge in [-0.3, -0.25) is 0 Å². The molecule has 2 N–H and O–H groups in total. The van der Waals surface area contributed by atoms with Crippen LogP contribution in [0.3, 0.4) is 0 Å². The van der Waals surface area contributed by atoms with Crippen molar-refractivity contribution in [1.82, 2.24) is 9.97 Å². The van der Waals surface area contributed by atoms with Crippen molar-refractivity contribution in [2.24, 2.45) is 5.92 Å². The molecule has 0 amide bonds. The van der Waals surface area contributed by atoms with E-state index in [1.165, 1.54) is 19.3 Å². The third-order valence-electron chi connectivity index (χ3n) is 4.01. The molecule has 0 saturated heterocycles. The number of ether oxygens (including phenoxy) is 1. The summed E-state index contributed by atoms with van der Waals surface area (Å²) in [5, 5.41) is 0. The van der Waals surface area contributed by atoms with Crippen LogP contribution in [0, 0.1) is 9.49 Å². The van der Waals surface area contributed by atoms with E-state index in [0.29, 0.717) is 11.7 Å². The van der Waals surface area contributed by atoms with Crippen molar-refractivity contribution in [2.45, 2.75) is 58.0 Å².